The molecule has 0 aliphatic heterocycles. The summed E-state index contributed by atoms with van der Waals surface area (Å²) in [5.74, 6) is 2.03. The van der Waals surface area contributed by atoms with Crippen LogP contribution in [0.1, 0.15) is 12.5 Å². The van der Waals surface area contributed by atoms with E-state index in [0.717, 1.165) is 18.1 Å². The average Bonchev–Trinajstić information content (AvgIpc) is 2.08. The molecule has 0 bridgehead atoms. The fraction of sp³-hybridized carbons (Fsp3) is 0.400. The van der Waals surface area contributed by atoms with Crippen LogP contribution < -0.4 is 4.74 Å². The normalized spacial score (nSPS) is 13.9. The Balaban J connectivity index is 2.78. The maximum Gasteiger partial charge on any atom is 0.123 e. The minimum atomic E-state index is -0.189. The van der Waals surface area contributed by atoms with E-state index >= 15 is 0 Å². The lowest BCUT2D eigenvalue weighted by atomic mass is 10.2. The van der Waals surface area contributed by atoms with Crippen molar-refractivity contribution in [2.75, 3.05) is 12.9 Å². The Morgan fingerprint density at radius 1 is 1.38 bits per heavy atom. The van der Waals surface area contributed by atoms with Gasteiger partial charge in [-0.25, -0.2) is 9.93 Å². The molecule has 3 heteroatoms. The van der Waals surface area contributed by atoms with Gasteiger partial charge in [0.15, 0.2) is 0 Å². The highest BCUT2D eigenvalue weighted by Crippen LogP contribution is 2.33. The molecule has 0 aromatic heterocycles. The highest BCUT2D eigenvalue weighted by Gasteiger charge is 2.02. The van der Waals surface area contributed by atoms with Gasteiger partial charge in [0.05, 0.1) is 6.61 Å². The van der Waals surface area contributed by atoms with Gasteiger partial charge in [-0.3, -0.25) is 0 Å². The zero-order valence-corrected chi connectivity index (χ0v) is 9.82. The average molecular weight is 216 g/mol. The van der Waals surface area contributed by atoms with Crippen LogP contribution in [0.2, 0.25) is 0 Å². The van der Waals surface area contributed by atoms with Gasteiger partial charge in [0.2, 0.25) is 0 Å². The van der Waals surface area contributed by atoms with Gasteiger partial charge in [-0.15, -0.1) is 11.7 Å². The highest BCUT2D eigenvalue weighted by atomic mass is 33.1. The Labute approximate surface area is 87.7 Å². The molecule has 0 spiro atoms. The second kappa shape index (κ2) is 5.45. The molecular formula is C10H16OS2. The topological polar surface area (TPSA) is 9.23 Å². The standard InChI is InChI=1S/C10H16OS2/c1-3-11-10-7-5-4-6-9(10)8-13(2)12/h4-7,12-13H,3,8H2,1-2H3. The summed E-state index contributed by atoms with van der Waals surface area (Å²) < 4.78 is 5.51. The summed E-state index contributed by atoms with van der Waals surface area (Å²) >= 11 is 4.43. The van der Waals surface area contributed by atoms with E-state index < -0.39 is 0 Å². The summed E-state index contributed by atoms with van der Waals surface area (Å²) in [6, 6.07) is 8.18. The molecule has 13 heavy (non-hydrogen) atoms. The molecule has 0 radical (unpaired) electrons. The molecule has 74 valence electrons. The van der Waals surface area contributed by atoms with Crippen molar-refractivity contribution in [3.05, 3.63) is 29.8 Å². The largest absolute Gasteiger partial charge is 0.494 e. The Bertz CT molecular complexity index is 261. The molecule has 0 fully saturated rings. The predicted octanol–water partition coefficient (Wildman–Crippen LogP) is 3.06. The first kappa shape index (κ1) is 10.8. The van der Waals surface area contributed by atoms with Crippen molar-refractivity contribution in [3.63, 3.8) is 0 Å². The molecule has 0 heterocycles. The number of ether oxygens (including phenoxy) is 1. The van der Waals surface area contributed by atoms with Gasteiger partial charge >= 0.3 is 0 Å². The van der Waals surface area contributed by atoms with Crippen molar-refractivity contribution >= 4 is 21.6 Å². The number of rotatable bonds is 4. The predicted molar refractivity (Wildman–Crippen MR) is 65.2 cm³/mol. The van der Waals surface area contributed by atoms with E-state index in [0.29, 0.717) is 0 Å². The van der Waals surface area contributed by atoms with Gasteiger partial charge in [0, 0.05) is 11.3 Å². The minimum Gasteiger partial charge on any atom is -0.494 e. The van der Waals surface area contributed by atoms with Crippen LogP contribution in [0, 0.1) is 0 Å². The molecule has 1 aromatic rings. The lowest BCUT2D eigenvalue weighted by molar-refractivity contribution is 0.337. The fourth-order valence-corrected chi connectivity index (χ4v) is 2.39. The van der Waals surface area contributed by atoms with E-state index in [4.69, 9.17) is 4.74 Å². The summed E-state index contributed by atoms with van der Waals surface area (Å²) in [5.41, 5.74) is 1.27. The zero-order valence-electron chi connectivity index (χ0n) is 8.03. The maximum atomic E-state index is 5.51. The molecule has 0 aliphatic rings. The highest BCUT2D eigenvalue weighted by molar-refractivity contribution is 8.77. The maximum absolute atomic E-state index is 5.51. The second-order valence-electron chi connectivity index (χ2n) is 2.86. The number of thiol groups is 2. The first-order chi connectivity index (χ1) is 6.24. The van der Waals surface area contributed by atoms with E-state index in [-0.39, 0.29) is 9.93 Å². The first-order valence-electron chi connectivity index (χ1n) is 4.34. The third kappa shape index (κ3) is 3.53. The Morgan fingerprint density at radius 3 is 2.69 bits per heavy atom. The van der Waals surface area contributed by atoms with Gasteiger partial charge in [0.25, 0.3) is 0 Å². The lowest BCUT2D eigenvalue weighted by Crippen LogP contribution is -1.95. The fourth-order valence-electron chi connectivity index (χ4n) is 1.18. The van der Waals surface area contributed by atoms with E-state index in [1.54, 1.807) is 0 Å². The van der Waals surface area contributed by atoms with Crippen LogP contribution in [0.4, 0.5) is 0 Å². The number of hydrogen-bond donors (Lipinski definition) is 2. The minimum absolute atomic E-state index is 0.189. The molecule has 1 nitrogen and oxygen atoms in total. The van der Waals surface area contributed by atoms with Gasteiger partial charge in [-0.1, -0.05) is 18.2 Å². The molecule has 1 atom stereocenters. The number of hydrogen-bond acceptors (Lipinski definition) is 2. The molecular weight excluding hydrogens is 200 g/mol. The van der Waals surface area contributed by atoms with Crippen molar-refractivity contribution in [2.24, 2.45) is 0 Å². The van der Waals surface area contributed by atoms with Crippen LogP contribution in [0.25, 0.3) is 0 Å². The SMILES string of the molecule is CCOc1ccccc1C[SH](C)S. The zero-order chi connectivity index (χ0) is 9.68. The van der Waals surface area contributed by atoms with Crippen molar-refractivity contribution in [1.82, 2.24) is 0 Å². The van der Waals surface area contributed by atoms with Crippen LogP contribution in [-0.2, 0) is 5.75 Å². The third-order valence-electron chi connectivity index (χ3n) is 1.67. The van der Waals surface area contributed by atoms with Crippen molar-refractivity contribution in [2.45, 2.75) is 12.7 Å². The smallest absolute Gasteiger partial charge is 0.123 e. The Morgan fingerprint density at radius 2 is 2.08 bits per heavy atom. The van der Waals surface area contributed by atoms with E-state index in [1.165, 1.54) is 5.56 Å². The van der Waals surface area contributed by atoms with E-state index in [1.807, 2.05) is 25.1 Å². The second-order valence-corrected chi connectivity index (χ2v) is 6.54. The van der Waals surface area contributed by atoms with Crippen LogP contribution >= 0.6 is 21.6 Å². The Hall–Kier alpha value is -0.280. The summed E-state index contributed by atoms with van der Waals surface area (Å²) in [6.07, 6.45) is 2.15. The van der Waals surface area contributed by atoms with Gasteiger partial charge in [-0.2, -0.15) is 0 Å². The molecule has 1 aromatic carbocycles. The molecule has 0 saturated heterocycles. The van der Waals surface area contributed by atoms with E-state index in [2.05, 4.69) is 24.0 Å². The molecule has 0 N–H and O–H groups in total. The first-order valence-corrected chi connectivity index (χ1v) is 7.47. The molecule has 1 unspecified atom stereocenters. The summed E-state index contributed by atoms with van der Waals surface area (Å²) in [5, 5.41) is 0. The summed E-state index contributed by atoms with van der Waals surface area (Å²) in [6.45, 7) is 2.73. The molecule has 0 saturated carbocycles. The molecule has 0 aliphatic carbocycles. The van der Waals surface area contributed by atoms with E-state index in [9.17, 15) is 0 Å². The monoisotopic (exact) mass is 216 g/mol. The van der Waals surface area contributed by atoms with Crippen LogP contribution in [0.5, 0.6) is 5.75 Å². The number of para-hydroxylation sites is 1. The molecule has 1 rings (SSSR count). The number of benzene rings is 1. The quantitative estimate of drug-likeness (QED) is 0.581. The molecule has 0 amide bonds. The summed E-state index contributed by atoms with van der Waals surface area (Å²) in [7, 11) is -0.189. The van der Waals surface area contributed by atoms with Crippen molar-refractivity contribution < 1.29 is 4.74 Å². The third-order valence-corrected chi connectivity index (χ3v) is 2.89. The van der Waals surface area contributed by atoms with Crippen LogP contribution in [0.3, 0.4) is 0 Å². The van der Waals surface area contributed by atoms with Crippen LogP contribution in [-0.4, -0.2) is 12.9 Å². The van der Waals surface area contributed by atoms with Crippen molar-refractivity contribution in [1.29, 1.82) is 0 Å². The van der Waals surface area contributed by atoms with Crippen LogP contribution in [0.15, 0.2) is 24.3 Å². The lowest BCUT2D eigenvalue weighted by Gasteiger charge is -2.12. The summed E-state index contributed by atoms with van der Waals surface area (Å²) in [4.78, 5) is 0. The Kier molecular flexibility index (Phi) is 4.53. The van der Waals surface area contributed by atoms with Gasteiger partial charge < -0.3 is 4.74 Å². The van der Waals surface area contributed by atoms with Crippen molar-refractivity contribution in [3.8, 4) is 5.75 Å². The van der Waals surface area contributed by atoms with Gasteiger partial charge in [-0.05, 0) is 19.2 Å². The van der Waals surface area contributed by atoms with Gasteiger partial charge in [0.1, 0.15) is 5.75 Å².